The first-order valence-electron chi connectivity index (χ1n) is 11.7. The molecule has 1 saturated heterocycles. The van der Waals surface area contributed by atoms with Crippen LogP contribution in [0, 0.1) is 6.92 Å². The Kier molecular flexibility index (Phi) is 6.49. The Balaban J connectivity index is 1.23. The molecule has 2 heterocycles. The number of hydrogen-bond acceptors (Lipinski definition) is 5. The van der Waals surface area contributed by atoms with Gasteiger partial charge in [-0.25, -0.2) is 0 Å². The van der Waals surface area contributed by atoms with Gasteiger partial charge in [0, 0.05) is 49.4 Å². The lowest BCUT2D eigenvalue weighted by molar-refractivity contribution is 0.0761. The summed E-state index contributed by atoms with van der Waals surface area (Å²) < 4.78 is 5.88. The van der Waals surface area contributed by atoms with Gasteiger partial charge in [0.25, 0.3) is 5.91 Å². The molecule has 0 spiro atoms. The number of benzene rings is 3. The molecule has 0 saturated carbocycles. The minimum absolute atomic E-state index is 0.0686. The fourth-order valence-electron chi connectivity index (χ4n) is 4.35. The zero-order valence-electron chi connectivity index (χ0n) is 19.4. The average Bonchev–Trinajstić information content (AvgIpc) is 3.25. The van der Waals surface area contributed by atoms with E-state index in [2.05, 4.69) is 39.4 Å². The molecule has 3 aromatic carbocycles. The van der Waals surface area contributed by atoms with Crippen molar-refractivity contribution in [2.24, 2.45) is 0 Å². The summed E-state index contributed by atoms with van der Waals surface area (Å²) in [6.07, 6.45) is 0.973. The Morgan fingerprint density at radius 1 is 0.824 bits per heavy atom. The van der Waals surface area contributed by atoms with Crippen LogP contribution >= 0.6 is 0 Å². The van der Waals surface area contributed by atoms with Gasteiger partial charge in [-0.1, -0.05) is 48.0 Å². The van der Waals surface area contributed by atoms with Crippen LogP contribution in [0.25, 0.3) is 22.9 Å². The molecule has 0 unspecified atom stereocenters. The standard InChI is InChI=1S/C28H28N4O2/c1-21-7-5-10-25(19-21)27-30-29-26(34-27)23-11-13-24(14-12-23)28(33)32-16-6-15-31(17-18-32)20-22-8-3-2-4-9-22/h2-5,7-14,19H,6,15-18,20H2,1H3. The van der Waals surface area contributed by atoms with Crippen LogP contribution in [-0.4, -0.2) is 52.1 Å². The summed E-state index contributed by atoms with van der Waals surface area (Å²) in [5.74, 6) is 1.00. The molecule has 1 fully saturated rings. The second-order valence-corrected chi connectivity index (χ2v) is 8.77. The predicted molar refractivity (Wildman–Crippen MR) is 132 cm³/mol. The highest BCUT2D eigenvalue weighted by atomic mass is 16.4. The summed E-state index contributed by atoms with van der Waals surface area (Å²) in [6.45, 7) is 6.33. The number of nitrogens with zero attached hydrogens (tertiary/aromatic N) is 4. The van der Waals surface area contributed by atoms with Gasteiger partial charge in [0.15, 0.2) is 0 Å². The van der Waals surface area contributed by atoms with Crippen molar-refractivity contribution >= 4 is 5.91 Å². The fourth-order valence-corrected chi connectivity index (χ4v) is 4.35. The molecule has 4 aromatic rings. The number of rotatable bonds is 5. The zero-order valence-corrected chi connectivity index (χ0v) is 19.4. The van der Waals surface area contributed by atoms with Crippen molar-refractivity contribution in [2.45, 2.75) is 19.9 Å². The summed E-state index contributed by atoms with van der Waals surface area (Å²) in [5, 5.41) is 8.38. The van der Waals surface area contributed by atoms with Gasteiger partial charge in [-0.15, -0.1) is 10.2 Å². The molecule has 0 atom stereocenters. The molecule has 1 aliphatic heterocycles. The second-order valence-electron chi connectivity index (χ2n) is 8.77. The van der Waals surface area contributed by atoms with Gasteiger partial charge >= 0.3 is 0 Å². The van der Waals surface area contributed by atoms with Crippen LogP contribution in [0.15, 0.2) is 83.3 Å². The first kappa shape index (κ1) is 22.0. The molecule has 1 aromatic heterocycles. The SMILES string of the molecule is Cc1cccc(-c2nnc(-c3ccc(C(=O)N4CCCN(Cc5ccccc5)CC4)cc3)o2)c1. The van der Waals surface area contributed by atoms with Gasteiger partial charge in [-0.05, 0) is 55.3 Å². The van der Waals surface area contributed by atoms with E-state index in [1.807, 2.05) is 66.4 Å². The fraction of sp³-hybridized carbons (Fsp3) is 0.250. The highest BCUT2D eigenvalue weighted by Gasteiger charge is 2.21. The highest BCUT2D eigenvalue weighted by molar-refractivity contribution is 5.94. The molecule has 6 nitrogen and oxygen atoms in total. The van der Waals surface area contributed by atoms with Crippen LogP contribution in [0.2, 0.25) is 0 Å². The Morgan fingerprint density at radius 2 is 1.59 bits per heavy atom. The van der Waals surface area contributed by atoms with E-state index in [4.69, 9.17) is 4.42 Å². The quantitative estimate of drug-likeness (QED) is 0.424. The molecule has 0 N–H and O–H groups in total. The van der Waals surface area contributed by atoms with E-state index in [1.165, 1.54) is 5.56 Å². The maximum Gasteiger partial charge on any atom is 0.253 e. The van der Waals surface area contributed by atoms with Crippen molar-refractivity contribution in [1.29, 1.82) is 0 Å². The number of carbonyl (C=O) groups excluding carboxylic acids is 1. The Bertz CT molecular complexity index is 1250. The van der Waals surface area contributed by atoms with Crippen molar-refractivity contribution in [2.75, 3.05) is 26.2 Å². The number of hydrogen-bond donors (Lipinski definition) is 0. The second kappa shape index (κ2) is 10.0. The van der Waals surface area contributed by atoms with Crippen molar-refractivity contribution in [3.63, 3.8) is 0 Å². The molecule has 0 bridgehead atoms. The van der Waals surface area contributed by atoms with Gasteiger partial charge in [0.2, 0.25) is 11.8 Å². The Hall–Kier alpha value is -3.77. The van der Waals surface area contributed by atoms with E-state index in [0.29, 0.717) is 17.3 Å². The topological polar surface area (TPSA) is 62.5 Å². The van der Waals surface area contributed by atoms with E-state index < -0.39 is 0 Å². The van der Waals surface area contributed by atoms with Crippen LogP contribution in [0.4, 0.5) is 0 Å². The van der Waals surface area contributed by atoms with Crippen LogP contribution < -0.4 is 0 Å². The molecule has 34 heavy (non-hydrogen) atoms. The third-order valence-electron chi connectivity index (χ3n) is 6.19. The minimum Gasteiger partial charge on any atom is -0.416 e. The largest absolute Gasteiger partial charge is 0.416 e. The van der Waals surface area contributed by atoms with Crippen molar-refractivity contribution in [3.8, 4) is 22.9 Å². The van der Waals surface area contributed by atoms with Crippen molar-refractivity contribution in [3.05, 3.63) is 95.6 Å². The van der Waals surface area contributed by atoms with Gasteiger partial charge in [0.05, 0.1) is 0 Å². The van der Waals surface area contributed by atoms with Gasteiger partial charge in [0.1, 0.15) is 0 Å². The first-order valence-corrected chi connectivity index (χ1v) is 11.7. The van der Waals surface area contributed by atoms with Crippen LogP contribution in [0.5, 0.6) is 0 Å². The Morgan fingerprint density at radius 3 is 2.35 bits per heavy atom. The summed E-state index contributed by atoms with van der Waals surface area (Å²) in [5.41, 5.74) is 4.82. The molecule has 5 rings (SSSR count). The smallest absolute Gasteiger partial charge is 0.253 e. The summed E-state index contributed by atoms with van der Waals surface area (Å²) in [6, 6.07) is 25.9. The van der Waals surface area contributed by atoms with Crippen LogP contribution in [0.1, 0.15) is 27.9 Å². The third-order valence-corrected chi connectivity index (χ3v) is 6.19. The molecule has 0 aliphatic carbocycles. The lowest BCUT2D eigenvalue weighted by Gasteiger charge is -2.22. The van der Waals surface area contributed by atoms with E-state index >= 15 is 0 Å². The molecule has 1 aliphatic rings. The van der Waals surface area contributed by atoms with Gasteiger partial charge < -0.3 is 9.32 Å². The van der Waals surface area contributed by atoms with E-state index in [1.54, 1.807) is 0 Å². The van der Waals surface area contributed by atoms with E-state index in [0.717, 1.165) is 55.8 Å². The summed E-state index contributed by atoms with van der Waals surface area (Å²) >= 11 is 0. The molecule has 6 heteroatoms. The highest BCUT2D eigenvalue weighted by Crippen LogP contribution is 2.25. The molecular weight excluding hydrogens is 424 g/mol. The zero-order chi connectivity index (χ0) is 23.3. The lowest BCUT2D eigenvalue weighted by atomic mass is 10.1. The number of amides is 1. The monoisotopic (exact) mass is 452 g/mol. The number of aromatic nitrogens is 2. The molecule has 172 valence electrons. The molecular formula is C28H28N4O2. The van der Waals surface area contributed by atoms with Crippen LogP contribution in [-0.2, 0) is 6.54 Å². The van der Waals surface area contributed by atoms with E-state index in [-0.39, 0.29) is 5.91 Å². The maximum atomic E-state index is 13.1. The normalized spacial score (nSPS) is 14.7. The summed E-state index contributed by atoms with van der Waals surface area (Å²) in [7, 11) is 0. The minimum atomic E-state index is 0.0686. The number of aryl methyl sites for hydroxylation is 1. The third kappa shape index (κ3) is 5.07. The lowest BCUT2D eigenvalue weighted by Crippen LogP contribution is -2.35. The molecule has 1 amide bonds. The van der Waals surface area contributed by atoms with Gasteiger partial charge in [-0.3, -0.25) is 9.69 Å². The predicted octanol–water partition coefficient (Wildman–Crippen LogP) is 5.06. The number of carbonyl (C=O) groups is 1. The van der Waals surface area contributed by atoms with E-state index in [9.17, 15) is 4.79 Å². The van der Waals surface area contributed by atoms with Crippen molar-refractivity contribution in [1.82, 2.24) is 20.0 Å². The van der Waals surface area contributed by atoms with Gasteiger partial charge in [-0.2, -0.15) is 0 Å². The molecule has 0 radical (unpaired) electrons. The maximum absolute atomic E-state index is 13.1. The Labute approximate surface area is 199 Å². The summed E-state index contributed by atoms with van der Waals surface area (Å²) in [4.78, 5) is 17.5. The average molecular weight is 453 g/mol. The van der Waals surface area contributed by atoms with Crippen LogP contribution in [0.3, 0.4) is 0 Å². The van der Waals surface area contributed by atoms with Crippen molar-refractivity contribution < 1.29 is 9.21 Å². The first-order chi connectivity index (χ1) is 16.7.